The summed E-state index contributed by atoms with van der Waals surface area (Å²) in [6.07, 6.45) is 1.98. The molecule has 0 saturated heterocycles. The monoisotopic (exact) mass is 325 g/mol. The molecule has 0 saturated carbocycles. The molecule has 0 aliphatic carbocycles. The van der Waals surface area contributed by atoms with Gasteiger partial charge in [0.2, 0.25) is 0 Å². The molecule has 119 valence electrons. The maximum atomic E-state index is 13.4. The van der Waals surface area contributed by atoms with Gasteiger partial charge in [-0.3, -0.25) is 0 Å². The van der Waals surface area contributed by atoms with Crippen molar-refractivity contribution in [1.82, 2.24) is 0 Å². The van der Waals surface area contributed by atoms with E-state index in [1.807, 2.05) is 0 Å². The number of rotatable bonds is 9. The van der Waals surface area contributed by atoms with Crippen molar-refractivity contribution in [1.29, 1.82) is 0 Å². The Labute approximate surface area is 122 Å². The first kappa shape index (κ1) is 18.1. The van der Waals surface area contributed by atoms with E-state index in [9.17, 15) is 17.6 Å². The zero-order valence-electron chi connectivity index (χ0n) is 11.8. The van der Waals surface area contributed by atoms with Gasteiger partial charge >= 0.3 is 9.53 Å². The Balaban J connectivity index is 2.34. The highest BCUT2D eigenvalue weighted by atomic mass is 28.3. The van der Waals surface area contributed by atoms with Crippen LogP contribution in [0.1, 0.15) is 24.8 Å². The topological polar surface area (TPSA) is 27.7 Å². The van der Waals surface area contributed by atoms with Crippen LogP contribution in [0.3, 0.4) is 0 Å². The smallest absolute Gasteiger partial charge is 0.375 e. The summed E-state index contributed by atoms with van der Waals surface area (Å²) in [5.74, 6) is -6.24. The highest BCUT2D eigenvalue weighted by Crippen LogP contribution is 2.20. The summed E-state index contributed by atoms with van der Waals surface area (Å²) < 4.78 is 67.3. The van der Waals surface area contributed by atoms with E-state index in [0.29, 0.717) is 31.9 Å². The molecule has 0 atom stereocenters. The summed E-state index contributed by atoms with van der Waals surface area (Å²) >= 11 is 0. The first-order valence-electron chi connectivity index (χ1n) is 6.40. The number of aryl methyl sites for hydroxylation is 1. The molecule has 0 aromatic heterocycles. The minimum Gasteiger partial charge on any atom is -0.375 e. The van der Waals surface area contributed by atoms with Crippen LogP contribution >= 0.6 is 0 Å². The molecule has 0 aliphatic rings. The normalized spacial score (nSPS) is 11.4. The molecule has 0 spiro atoms. The predicted molar refractivity (Wildman–Crippen MR) is 69.6 cm³/mol. The number of unbranched alkanes of at least 4 members (excludes halogenated alkanes) is 2. The number of benzene rings is 1. The van der Waals surface area contributed by atoms with Crippen LogP contribution in [0.4, 0.5) is 17.6 Å². The number of hydrogen-bond acceptors (Lipinski definition) is 3. The van der Waals surface area contributed by atoms with Crippen molar-refractivity contribution in [3.8, 4) is 0 Å². The summed E-state index contributed by atoms with van der Waals surface area (Å²) in [6.45, 7) is 0.421. The fourth-order valence-corrected chi connectivity index (χ4v) is 2.47. The molecule has 0 bridgehead atoms. The summed E-state index contributed by atoms with van der Waals surface area (Å²) in [6, 6.07) is 0.696. The van der Waals surface area contributed by atoms with Crippen LogP contribution < -0.4 is 0 Å². The minimum atomic E-state index is -1.78. The lowest BCUT2D eigenvalue weighted by atomic mass is 10.1. The molecule has 3 nitrogen and oxygen atoms in total. The summed E-state index contributed by atoms with van der Waals surface area (Å²) in [4.78, 5) is 0. The number of halogens is 4. The fourth-order valence-electron chi connectivity index (χ4n) is 1.75. The predicted octanol–water partition coefficient (Wildman–Crippen LogP) is 3.25. The highest BCUT2D eigenvalue weighted by molar-refractivity contribution is 6.36. The van der Waals surface area contributed by atoms with Gasteiger partial charge in [-0.1, -0.05) is 6.42 Å². The van der Waals surface area contributed by atoms with Gasteiger partial charge in [0.05, 0.1) is 0 Å². The van der Waals surface area contributed by atoms with Crippen LogP contribution in [0.2, 0.25) is 0 Å². The van der Waals surface area contributed by atoms with E-state index in [4.69, 9.17) is 13.3 Å². The third kappa shape index (κ3) is 5.38. The van der Waals surface area contributed by atoms with Crippen molar-refractivity contribution in [2.45, 2.75) is 25.7 Å². The Morgan fingerprint density at radius 3 is 2.19 bits per heavy atom. The molecule has 21 heavy (non-hydrogen) atoms. The van der Waals surface area contributed by atoms with Gasteiger partial charge in [-0.05, 0) is 30.9 Å². The van der Waals surface area contributed by atoms with Gasteiger partial charge in [-0.15, -0.1) is 0 Å². The molecule has 0 amide bonds. The summed E-state index contributed by atoms with van der Waals surface area (Å²) in [5.41, 5.74) is -0.161. The molecule has 1 radical (unpaired) electrons. The molecule has 0 fully saturated rings. The average Bonchev–Trinajstić information content (AvgIpc) is 2.49. The van der Waals surface area contributed by atoms with E-state index in [1.54, 1.807) is 0 Å². The lowest BCUT2D eigenvalue weighted by Crippen LogP contribution is -2.24. The fraction of sp³-hybridized carbons (Fsp3) is 0.538. The van der Waals surface area contributed by atoms with Crippen molar-refractivity contribution < 1.29 is 30.8 Å². The van der Waals surface area contributed by atoms with E-state index in [2.05, 4.69) is 0 Å². The lowest BCUT2D eigenvalue weighted by molar-refractivity contribution is 0.133. The molecule has 0 aliphatic heterocycles. The van der Waals surface area contributed by atoms with Gasteiger partial charge in [0.15, 0.2) is 23.3 Å². The van der Waals surface area contributed by atoms with Crippen LogP contribution in [0.15, 0.2) is 6.07 Å². The van der Waals surface area contributed by atoms with Crippen LogP contribution in [0, 0.1) is 23.3 Å². The van der Waals surface area contributed by atoms with Gasteiger partial charge < -0.3 is 13.3 Å². The second-order valence-corrected chi connectivity index (χ2v) is 5.88. The van der Waals surface area contributed by atoms with Gasteiger partial charge in [-0.2, -0.15) is 0 Å². The SMILES string of the molecule is CO[Si](OC)OCCCCCc1cc(F)c(F)c(F)c1F. The summed E-state index contributed by atoms with van der Waals surface area (Å²) in [5, 5.41) is 0. The molecule has 0 unspecified atom stereocenters. The Morgan fingerprint density at radius 2 is 1.57 bits per heavy atom. The molecule has 8 heteroatoms. The maximum Gasteiger partial charge on any atom is 0.577 e. The van der Waals surface area contributed by atoms with Crippen molar-refractivity contribution in [3.05, 3.63) is 34.9 Å². The van der Waals surface area contributed by atoms with E-state index in [1.165, 1.54) is 14.2 Å². The zero-order chi connectivity index (χ0) is 15.8. The van der Waals surface area contributed by atoms with Gasteiger partial charge in [-0.25, -0.2) is 17.6 Å². The van der Waals surface area contributed by atoms with Gasteiger partial charge in [0.1, 0.15) is 0 Å². The lowest BCUT2D eigenvalue weighted by Gasteiger charge is -2.09. The van der Waals surface area contributed by atoms with Crippen molar-refractivity contribution >= 4 is 9.53 Å². The maximum absolute atomic E-state index is 13.4. The van der Waals surface area contributed by atoms with Crippen molar-refractivity contribution in [3.63, 3.8) is 0 Å². The first-order valence-corrected chi connectivity index (χ1v) is 7.63. The van der Waals surface area contributed by atoms with Crippen molar-refractivity contribution in [2.24, 2.45) is 0 Å². The Hall–Kier alpha value is -0.963. The Morgan fingerprint density at radius 1 is 0.905 bits per heavy atom. The van der Waals surface area contributed by atoms with Gasteiger partial charge in [0.25, 0.3) is 0 Å². The minimum absolute atomic E-state index is 0.131. The highest BCUT2D eigenvalue weighted by Gasteiger charge is 2.18. The number of hydrogen-bond donors (Lipinski definition) is 0. The van der Waals surface area contributed by atoms with E-state index < -0.39 is 32.8 Å². The quantitative estimate of drug-likeness (QED) is 0.229. The standard InChI is InChI=1S/C13H17F4O3Si/c1-18-21(19-2)20-7-5-3-4-6-9-8-10(14)12(16)13(17)11(9)15/h8H,3-7H2,1-2H3. The van der Waals surface area contributed by atoms with Crippen LogP contribution in [-0.4, -0.2) is 30.4 Å². The zero-order valence-corrected chi connectivity index (χ0v) is 12.8. The van der Waals surface area contributed by atoms with Crippen molar-refractivity contribution in [2.75, 3.05) is 20.8 Å². The molecule has 1 aromatic rings. The van der Waals surface area contributed by atoms with E-state index >= 15 is 0 Å². The third-order valence-corrected chi connectivity index (χ3v) is 3.93. The van der Waals surface area contributed by atoms with E-state index in [0.717, 1.165) is 0 Å². The van der Waals surface area contributed by atoms with Crippen LogP contribution in [0.5, 0.6) is 0 Å². The average molecular weight is 325 g/mol. The van der Waals surface area contributed by atoms with Gasteiger partial charge in [0, 0.05) is 20.8 Å². The molecule has 1 aromatic carbocycles. The molecular formula is C13H17F4O3Si. The first-order chi connectivity index (χ1) is 10.0. The van der Waals surface area contributed by atoms with Crippen LogP contribution in [-0.2, 0) is 19.7 Å². The summed E-state index contributed by atoms with van der Waals surface area (Å²) in [7, 11) is 1.28. The molecule has 1 rings (SSSR count). The molecule has 0 N–H and O–H groups in total. The largest absolute Gasteiger partial charge is 0.577 e. The Bertz CT molecular complexity index is 456. The second kappa shape index (κ2) is 9.14. The Kier molecular flexibility index (Phi) is 7.87. The second-order valence-electron chi connectivity index (χ2n) is 4.28. The third-order valence-electron chi connectivity index (χ3n) is 2.82. The van der Waals surface area contributed by atoms with Crippen LogP contribution in [0.25, 0.3) is 0 Å². The van der Waals surface area contributed by atoms with E-state index in [-0.39, 0.29) is 12.0 Å². The molecular weight excluding hydrogens is 308 g/mol. The molecule has 0 heterocycles.